The van der Waals surface area contributed by atoms with Gasteiger partial charge in [-0.15, -0.1) is 11.8 Å². The predicted octanol–water partition coefficient (Wildman–Crippen LogP) is 8.02. The van der Waals surface area contributed by atoms with Crippen LogP contribution in [-0.2, 0) is 12.0 Å². The van der Waals surface area contributed by atoms with Gasteiger partial charge in [0.1, 0.15) is 10.8 Å². The largest absolute Gasteiger partial charge is 0.489 e. The van der Waals surface area contributed by atoms with Crippen LogP contribution in [0.3, 0.4) is 0 Å². The van der Waals surface area contributed by atoms with Gasteiger partial charge in [-0.1, -0.05) is 44.5 Å². The van der Waals surface area contributed by atoms with Crippen LogP contribution < -0.4 is 15.4 Å². The van der Waals surface area contributed by atoms with E-state index in [-0.39, 0.29) is 11.6 Å². The second kappa shape index (κ2) is 11.5. The zero-order chi connectivity index (χ0) is 26.7. The van der Waals surface area contributed by atoms with Crippen molar-refractivity contribution in [2.45, 2.75) is 76.7 Å². The third kappa shape index (κ3) is 6.33. The highest BCUT2D eigenvalue weighted by molar-refractivity contribution is 8.00. The summed E-state index contributed by atoms with van der Waals surface area (Å²) in [6.07, 6.45) is 2.65. The summed E-state index contributed by atoms with van der Waals surface area (Å²) in [7, 11) is 0. The van der Waals surface area contributed by atoms with Gasteiger partial charge in [-0.2, -0.15) is 4.98 Å². The Balaban J connectivity index is 1.67. The van der Waals surface area contributed by atoms with Crippen molar-refractivity contribution in [3.63, 3.8) is 0 Å². The Morgan fingerprint density at radius 1 is 1.11 bits per heavy atom. The zero-order valence-electron chi connectivity index (χ0n) is 22.9. The van der Waals surface area contributed by atoms with Crippen molar-refractivity contribution in [1.29, 1.82) is 0 Å². The summed E-state index contributed by atoms with van der Waals surface area (Å²) < 4.78 is 6.27. The smallest absolute Gasteiger partial charge is 0.229 e. The van der Waals surface area contributed by atoms with Crippen LogP contribution in [0.1, 0.15) is 59.6 Å². The molecule has 0 radical (unpaired) electrons. The number of likely N-dealkylation sites (N-methyl/N-ethyl adjacent to an activating group) is 1. The van der Waals surface area contributed by atoms with E-state index < -0.39 is 0 Å². The highest BCUT2D eigenvalue weighted by Crippen LogP contribution is 2.41. The van der Waals surface area contributed by atoms with Gasteiger partial charge >= 0.3 is 0 Å². The van der Waals surface area contributed by atoms with Gasteiger partial charge in [-0.3, -0.25) is 4.90 Å². The number of benzene rings is 2. The number of aromatic nitrogens is 2. The third-order valence-corrected chi connectivity index (χ3v) is 7.90. The summed E-state index contributed by atoms with van der Waals surface area (Å²) in [6, 6.07) is 12.6. The minimum Gasteiger partial charge on any atom is -0.489 e. The fourth-order valence-electron chi connectivity index (χ4n) is 4.80. The molecule has 3 aromatic rings. The zero-order valence-corrected chi connectivity index (χ0v) is 24.4. The Morgan fingerprint density at radius 3 is 2.57 bits per heavy atom. The number of fused-ring (bicyclic) bond motifs is 1. The summed E-state index contributed by atoms with van der Waals surface area (Å²) in [5, 5.41) is 7.74. The van der Waals surface area contributed by atoms with Crippen LogP contribution in [0.25, 0.3) is 0 Å². The van der Waals surface area contributed by atoms with Gasteiger partial charge in [-0.25, -0.2) is 4.98 Å². The molecule has 0 aliphatic carbocycles. The molecule has 37 heavy (non-hydrogen) atoms. The van der Waals surface area contributed by atoms with Crippen molar-refractivity contribution >= 4 is 46.5 Å². The number of hydrogen-bond donors (Lipinski definition) is 2. The van der Waals surface area contributed by atoms with E-state index in [0.29, 0.717) is 22.0 Å². The summed E-state index contributed by atoms with van der Waals surface area (Å²) >= 11 is 8.30. The average Bonchev–Trinajstić information content (AvgIpc) is 2.82. The maximum absolute atomic E-state index is 6.51. The second-order valence-electron chi connectivity index (χ2n) is 10.4. The molecule has 2 N–H and O–H groups in total. The van der Waals surface area contributed by atoms with Crippen molar-refractivity contribution < 1.29 is 4.74 Å². The quantitative estimate of drug-likeness (QED) is 0.267. The standard InChI is InChI=1S/C29H38ClN5OS/c1-8-35-14-13-20-15-24(25(36-18(2)3)16-21(20)29(35,6)7)33-28-31-17-22(30)27(34-28)32-23-11-9-10-12-26(23)37-19(4)5/h9-12,15-19H,8,13-14H2,1-7H3,(H2,31,32,33,34). The number of halogens is 1. The van der Waals surface area contributed by atoms with E-state index in [1.165, 1.54) is 11.1 Å². The molecule has 1 aliphatic rings. The van der Waals surface area contributed by atoms with Crippen molar-refractivity contribution in [2.75, 3.05) is 23.7 Å². The Hall–Kier alpha value is -2.48. The molecule has 0 atom stereocenters. The van der Waals surface area contributed by atoms with Crippen molar-refractivity contribution in [2.24, 2.45) is 0 Å². The fourth-order valence-corrected chi connectivity index (χ4v) is 5.85. The molecule has 0 unspecified atom stereocenters. The number of thioether (sulfide) groups is 1. The molecule has 0 saturated heterocycles. The molecule has 1 aromatic heterocycles. The first-order valence-electron chi connectivity index (χ1n) is 13.0. The van der Waals surface area contributed by atoms with Crippen LogP contribution >= 0.6 is 23.4 Å². The molecule has 8 heteroatoms. The summed E-state index contributed by atoms with van der Waals surface area (Å²) in [6.45, 7) is 17.3. The molecule has 0 fully saturated rings. The van der Waals surface area contributed by atoms with Crippen LogP contribution in [0.15, 0.2) is 47.5 Å². The molecule has 0 saturated carbocycles. The topological polar surface area (TPSA) is 62.3 Å². The number of ether oxygens (including phenoxy) is 1. The summed E-state index contributed by atoms with van der Waals surface area (Å²) in [5.74, 6) is 1.81. The van der Waals surface area contributed by atoms with E-state index in [1.54, 1.807) is 18.0 Å². The Bertz CT molecular complexity index is 1250. The molecule has 0 bridgehead atoms. The Kier molecular flexibility index (Phi) is 8.56. The average molecular weight is 540 g/mol. The first-order chi connectivity index (χ1) is 17.6. The van der Waals surface area contributed by atoms with Crippen molar-refractivity contribution in [3.8, 4) is 5.75 Å². The van der Waals surface area contributed by atoms with Gasteiger partial charge in [-0.05, 0) is 76.1 Å². The van der Waals surface area contributed by atoms with Gasteiger partial charge in [0.15, 0.2) is 5.82 Å². The van der Waals surface area contributed by atoms with Gasteiger partial charge in [0.05, 0.1) is 23.7 Å². The first kappa shape index (κ1) is 27.6. The second-order valence-corrected chi connectivity index (χ2v) is 12.4. The molecule has 2 heterocycles. The van der Waals surface area contributed by atoms with Gasteiger partial charge in [0.2, 0.25) is 5.95 Å². The van der Waals surface area contributed by atoms with Crippen LogP contribution in [0.5, 0.6) is 5.75 Å². The van der Waals surface area contributed by atoms with E-state index in [2.05, 4.69) is 73.3 Å². The summed E-state index contributed by atoms with van der Waals surface area (Å²) in [4.78, 5) is 12.9. The lowest BCUT2D eigenvalue weighted by molar-refractivity contribution is 0.114. The molecule has 6 nitrogen and oxygen atoms in total. The number of nitrogens with one attached hydrogen (secondary N) is 2. The number of para-hydroxylation sites is 1. The maximum Gasteiger partial charge on any atom is 0.229 e. The summed E-state index contributed by atoms with van der Waals surface area (Å²) in [5.41, 5.74) is 4.39. The van der Waals surface area contributed by atoms with E-state index in [4.69, 9.17) is 21.3 Å². The van der Waals surface area contributed by atoms with Crippen LogP contribution in [0.2, 0.25) is 5.02 Å². The SMILES string of the molecule is CCN1CCc2cc(Nc3ncc(Cl)c(Nc4ccccc4SC(C)C)n3)c(OC(C)C)cc2C1(C)C. The highest BCUT2D eigenvalue weighted by Gasteiger charge is 2.34. The lowest BCUT2D eigenvalue weighted by atomic mass is 9.83. The number of rotatable bonds is 9. The number of hydrogen-bond acceptors (Lipinski definition) is 7. The fraction of sp³-hybridized carbons (Fsp3) is 0.448. The molecular weight excluding hydrogens is 502 g/mol. The van der Waals surface area contributed by atoms with Gasteiger partial charge in [0, 0.05) is 22.2 Å². The lowest BCUT2D eigenvalue weighted by Gasteiger charge is -2.44. The minimum atomic E-state index is -0.0643. The first-order valence-corrected chi connectivity index (χ1v) is 14.3. The van der Waals surface area contributed by atoms with Crippen LogP contribution in [0.4, 0.5) is 23.1 Å². The minimum absolute atomic E-state index is 0.0332. The molecular formula is C29H38ClN5OS. The molecule has 2 aromatic carbocycles. The van der Waals surface area contributed by atoms with Crippen molar-refractivity contribution in [1.82, 2.24) is 14.9 Å². The van der Waals surface area contributed by atoms with Gasteiger partial charge in [0.25, 0.3) is 0 Å². The molecule has 0 spiro atoms. The molecule has 198 valence electrons. The normalized spacial score (nSPS) is 15.1. The monoisotopic (exact) mass is 539 g/mol. The van der Waals surface area contributed by atoms with E-state index >= 15 is 0 Å². The van der Waals surface area contributed by atoms with Crippen LogP contribution in [-0.4, -0.2) is 39.3 Å². The number of anilines is 4. The van der Waals surface area contributed by atoms with Crippen molar-refractivity contribution in [3.05, 3.63) is 58.7 Å². The van der Waals surface area contributed by atoms with E-state index in [0.717, 1.165) is 41.5 Å². The molecule has 4 rings (SSSR count). The van der Waals surface area contributed by atoms with E-state index in [9.17, 15) is 0 Å². The Morgan fingerprint density at radius 2 is 1.86 bits per heavy atom. The lowest BCUT2D eigenvalue weighted by Crippen LogP contribution is -2.46. The highest BCUT2D eigenvalue weighted by atomic mass is 35.5. The molecule has 0 amide bonds. The van der Waals surface area contributed by atoms with Crippen LogP contribution in [0, 0.1) is 0 Å². The maximum atomic E-state index is 6.51. The third-order valence-electron chi connectivity index (χ3n) is 6.54. The number of nitrogens with zero attached hydrogens (tertiary/aromatic N) is 3. The van der Waals surface area contributed by atoms with Gasteiger partial charge < -0.3 is 15.4 Å². The van der Waals surface area contributed by atoms with E-state index in [1.807, 2.05) is 32.0 Å². The predicted molar refractivity (Wildman–Crippen MR) is 157 cm³/mol. The molecule has 1 aliphatic heterocycles. The Labute approximate surface area is 230 Å².